The highest BCUT2D eigenvalue weighted by Crippen LogP contribution is 2.51. The summed E-state index contributed by atoms with van der Waals surface area (Å²) in [6, 6.07) is 28.0. The number of rotatable bonds is 18. The van der Waals surface area contributed by atoms with Gasteiger partial charge >= 0.3 is 0 Å². The van der Waals surface area contributed by atoms with Gasteiger partial charge in [0.05, 0.1) is 0 Å². The molecule has 0 saturated carbocycles. The normalized spacial score (nSPS) is 17.5. The largest absolute Gasteiger partial charge is 0.0651 e. The Kier molecular flexibility index (Phi) is 14.9. The number of benzene rings is 4. The average Bonchev–Trinajstić information content (AvgIpc) is 3.78. The summed E-state index contributed by atoms with van der Waals surface area (Å²) in [5.41, 5.74) is 24.6. The maximum atomic E-state index is 2.70. The van der Waals surface area contributed by atoms with Gasteiger partial charge in [0.1, 0.15) is 0 Å². The van der Waals surface area contributed by atoms with Crippen molar-refractivity contribution in [2.24, 2.45) is 11.8 Å². The fourth-order valence-electron chi connectivity index (χ4n) is 10.4. The molecule has 0 amide bonds. The molecule has 0 radical (unpaired) electrons. The molecule has 2 aliphatic rings. The zero-order chi connectivity index (χ0) is 42.7. The zero-order valence-corrected chi connectivity index (χ0v) is 41.3. The Bertz CT molecular complexity index is 1940. The molecular formula is C58H80Si. The maximum absolute atomic E-state index is 2.70. The fraction of sp³-hybridized carbons (Fsp3) is 0.517. The second kappa shape index (κ2) is 19.5. The van der Waals surface area contributed by atoms with Gasteiger partial charge in [0.2, 0.25) is 0 Å². The molecule has 0 bridgehead atoms. The Labute approximate surface area is 364 Å². The summed E-state index contributed by atoms with van der Waals surface area (Å²) in [6.07, 6.45) is 12.4. The minimum Gasteiger partial charge on any atom is -0.0651 e. The lowest BCUT2D eigenvalue weighted by atomic mass is 9.84. The first-order valence-electron chi connectivity index (χ1n) is 24.3. The summed E-state index contributed by atoms with van der Waals surface area (Å²) in [4.78, 5) is 0. The molecule has 1 heteroatoms. The zero-order valence-electron chi connectivity index (χ0n) is 39.9. The summed E-state index contributed by atoms with van der Waals surface area (Å²) >= 11 is 0. The standard InChI is InChI=1S/C58H80Si/c1-15-19-41-21-23-49-53(57(41)47-27-43(35(5)6)25-44(28-47)36(7)8)31-51(39(13)17-3)55(49)33-59-34-56-50-24-22-42(20-16-2)58(54(50)32-52(56)40(14)18-4)48-29-45(37(9)10)26-46(30-48)38(11)12/h21-32,35-40,55-56H,15-20,33-34,59H2,1-14H3. The molecule has 0 heterocycles. The predicted molar refractivity (Wildman–Crippen MR) is 267 cm³/mol. The minimum atomic E-state index is -0.409. The van der Waals surface area contributed by atoms with Crippen LogP contribution in [0.25, 0.3) is 34.4 Å². The number of aryl methyl sites for hydroxylation is 2. The third kappa shape index (κ3) is 9.42. The molecule has 4 aromatic rings. The van der Waals surface area contributed by atoms with E-state index in [1.165, 1.54) is 93.4 Å². The SMILES string of the molecule is CCCc1ccc2c(c1-c1cc(C(C)C)cc(C(C)C)c1)C=C(C(C)CC)C2C[SiH2]CC1C(C(C)CC)=Cc2c1ccc(CCC)c2-c1cc(C(C)C)cc(C(C)C)c1. The summed E-state index contributed by atoms with van der Waals surface area (Å²) in [6.45, 7) is 33.3. The van der Waals surface area contributed by atoms with Crippen LogP contribution in [-0.4, -0.2) is 9.52 Å². The van der Waals surface area contributed by atoms with Gasteiger partial charge in [0.15, 0.2) is 0 Å². The maximum Gasteiger partial charge on any atom is 0.0218 e. The van der Waals surface area contributed by atoms with Gasteiger partial charge in [-0.1, -0.05) is 206 Å². The van der Waals surface area contributed by atoms with E-state index >= 15 is 0 Å². The summed E-state index contributed by atoms with van der Waals surface area (Å²) in [5, 5.41) is 0. The van der Waals surface area contributed by atoms with Crippen molar-refractivity contribution < 1.29 is 0 Å². The van der Waals surface area contributed by atoms with E-state index in [0.29, 0.717) is 47.3 Å². The van der Waals surface area contributed by atoms with E-state index in [1.807, 2.05) is 0 Å². The lowest BCUT2D eigenvalue weighted by Gasteiger charge is -2.25. The first-order chi connectivity index (χ1) is 28.2. The highest BCUT2D eigenvalue weighted by atomic mass is 28.2. The monoisotopic (exact) mass is 805 g/mol. The van der Waals surface area contributed by atoms with Crippen LogP contribution < -0.4 is 0 Å². The van der Waals surface area contributed by atoms with Gasteiger partial charge in [0.25, 0.3) is 0 Å². The molecule has 4 aromatic carbocycles. The van der Waals surface area contributed by atoms with Gasteiger partial charge in [-0.25, -0.2) is 0 Å². The number of hydrogen-bond donors (Lipinski definition) is 0. The van der Waals surface area contributed by atoms with E-state index in [-0.39, 0.29) is 0 Å². The summed E-state index contributed by atoms with van der Waals surface area (Å²) < 4.78 is 0. The molecule has 2 aliphatic carbocycles. The van der Waals surface area contributed by atoms with Gasteiger partial charge in [-0.3, -0.25) is 0 Å². The molecule has 4 atom stereocenters. The minimum absolute atomic E-state index is 0.409. The molecule has 4 unspecified atom stereocenters. The van der Waals surface area contributed by atoms with E-state index in [1.54, 1.807) is 33.4 Å². The van der Waals surface area contributed by atoms with Crippen molar-refractivity contribution in [2.45, 2.75) is 183 Å². The lowest BCUT2D eigenvalue weighted by molar-refractivity contribution is 0.609. The van der Waals surface area contributed by atoms with Crippen LogP contribution in [0.3, 0.4) is 0 Å². The number of hydrogen-bond acceptors (Lipinski definition) is 0. The Morgan fingerprint density at radius 3 is 1.08 bits per heavy atom. The van der Waals surface area contributed by atoms with E-state index in [0.717, 1.165) is 12.8 Å². The highest BCUT2D eigenvalue weighted by molar-refractivity contribution is 6.36. The van der Waals surface area contributed by atoms with Gasteiger partial charge < -0.3 is 0 Å². The lowest BCUT2D eigenvalue weighted by Crippen LogP contribution is -2.13. The quantitative estimate of drug-likeness (QED) is 0.0879. The molecule has 0 fully saturated rings. The number of fused-ring (bicyclic) bond motifs is 2. The second-order valence-electron chi connectivity index (χ2n) is 20.0. The van der Waals surface area contributed by atoms with Gasteiger partial charge in [0, 0.05) is 21.4 Å². The molecule has 0 N–H and O–H groups in total. The third-order valence-electron chi connectivity index (χ3n) is 14.5. The Balaban J connectivity index is 1.40. The van der Waals surface area contributed by atoms with Crippen molar-refractivity contribution >= 4 is 21.7 Å². The smallest absolute Gasteiger partial charge is 0.0218 e. The van der Waals surface area contributed by atoms with E-state index in [2.05, 4.69) is 170 Å². The van der Waals surface area contributed by atoms with E-state index in [4.69, 9.17) is 0 Å². The van der Waals surface area contributed by atoms with Gasteiger partial charge in [-0.15, -0.1) is 0 Å². The van der Waals surface area contributed by atoms with Gasteiger partial charge in [-0.05, 0) is 139 Å². The topological polar surface area (TPSA) is 0 Å². The summed E-state index contributed by atoms with van der Waals surface area (Å²) in [7, 11) is -0.409. The summed E-state index contributed by atoms with van der Waals surface area (Å²) in [5.74, 6) is 4.32. The number of allylic oxidation sites excluding steroid dienone is 2. The molecule has 59 heavy (non-hydrogen) atoms. The van der Waals surface area contributed by atoms with Crippen LogP contribution >= 0.6 is 0 Å². The molecule has 0 saturated heterocycles. The molecule has 0 aromatic heterocycles. The Morgan fingerprint density at radius 2 is 0.797 bits per heavy atom. The van der Waals surface area contributed by atoms with Crippen LogP contribution in [0.15, 0.2) is 71.8 Å². The van der Waals surface area contributed by atoms with E-state index < -0.39 is 9.52 Å². The first-order valence-corrected chi connectivity index (χ1v) is 26.3. The van der Waals surface area contributed by atoms with Crippen molar-refractivity contribution in [3.8, 4) is 22.3 Å². The molecular weight excluding hydrogens is 725 g/mol. The second-order valence-corrected chi connectivity index (χ2v) is 21.9. The predicted octanol–water partition coefficient (Wildman–Crippen LogP) is 17.2. The van der Waals surface area contributed by atoms with Crippen molar-refractivity contribution in [1.29, 1.82) is 0 Å². The van der Waals surface area contributed by atoms with Crippen molar-refractivity contribution in [2.75, 3.05) is 0 Å². The molecule has 0 aliphatic heterocycles. The van der Waals surface area contributed by atoms with Crippen molar-refractivity contribution in [3.05, 3.63) is 127 Å². The third-order valence-corrected chi connectivity index (χ3v) is 16.5. The fourth-order valence-corrected chi connectivity index (χ4v) is 12.7. The molecule has 6 rings (SSSR count). The molecule has 0 spiro atoms. The average molecular weight is 805 g/mol. The van der Waals surface area contributed by atoms with Crippen LogP contribution in [0.2, 0.25) is 12.1 Å². The Morgan fingerprint density at radius 1 is 0.458 bits per heavy atom. The Hall–Kier alpha value is -3.42. The van der Waals surface area contributed by atoms with Gasteiger partial charge in [-0.2, -0.15) is 0 Å². The highest BCUT2D eigenvalue weighted by Gasteiger charge is 2.34. The van der Waals surface area contributed by atoms with Crippen LogP contribution in [0.1, 0.15) is 214 Å². The molecule has 316 valence electrons. The van der Waals surface area contributed by atoms with Crippen LogP contribution in [0, 0.1) is 11.8 Å². The van der Waals surface area contributed by atoms with Crippen LogP contribution in [0.5, 0.6) is 0 Å². The molecule has 0 nitrogen and oxygen atoms in total. The first kappa shape index (κ1) is 45.1. The van der Waals surface area contributed by atoms with Crippen LogP contribution in [-0.2, 0) is 12.8 Å². The van der Waals surface area contributed by atoms with Crippen molar-refractivity contribution in [1.82, 2.24) is 0 Å². The van der Waals surface area contributed by atoms with E-state index in [9.17, 15) is 0 Å². The van der Waals surface area contributed by atoms with Crippen molar-refractivity contribution in [3.63, 3.8) is 0 Å². The van der Waals surface area contributed by atoms with Crippen LogP contribution in [0.4, 0.5) is 0 Å².